The number of carboxylic acids is 1. The first-order chi connectivity index (χ1) is 14.9. The number of amides is 3. The fourth-order valence-corrected chi connectivity index (χ4v) is 5.54. The van der Waals surface area contributed by atoms with Crippen LogP contribution < -0.4 is 10.6 Å². The van der Waals surface area contributed by atoms with Gasteiger partial charge < -0.3 is 25.5 Å². The molecule has 31 heavy (non-hydrogen) atoms. The monoisotopic (exact) mass is 485 g/mol. The van der Waals surface area contributed by atoms with E-state index in [2.05, 4.69) is 26.7 Å². The number of aliphatic carboxylic acids is 1. The van der Waals surface area contributed by atoms with Gasteiger partial charge in [-0.2, -0.15) is 0 Å². The van der Waals surface area contributed by atoms with Gasteiger partial charge in [0.1, 0.15) is 22.5 Å². The molecule has 1 aromatic heterocycles. The highest BCUT2D eigenvalue weighted by molar-refractivity contribution is 8.00. The van der Waals surface area contributed by atoms with Crippen LogP contribution in [0.3, 0.4) is 0 Å². The van der Waals surface area contributed by atoms with E-state index in [1.165, 1.54) is 22.0 Å². The van der Waals surface area contributed by atoms with Gasteiger partial charge >= 0.3 is 5.97 Å². The van der Waals surface area contributed by atoms with Crippen LogP contribution in [0.2, 0.25) is 0 Å². The maximum Gasteiger partial charge on any atom is 0.313 e. The second kappa shape index (κ2) is 9.54. The zero-order valence-corrected chi connectivity index (χ0v) is 18.1. The highest BCUT2D eigenvalue weighted by Gasteiger charge is 2.57. The second-order valence-electron chi connectivity index (χ2n) is 6.56. The second-order valence-corrected chi connectivity index (χ2v) is 8.79. The normalized spacial score (nSPS) is 25.0. The van der Waals surface area contributed by atoms with E-state index in [1.807, 2.05) is 0 Å². The molecule has 0 spiro atoms. The molecular weight excluding hydrogens is 470 g/mol. The molecule has 0 aromatic carbocycles. The van der Waals surface area contributed by atoms with Crippen molar-refractivity contribution in [3.63, 3.8) is 0 Å². The number of carbonyl (C=O) groups excluding carboxylic acids is 3. The number of nitrogens with zero attached hydrogens (tertiary/aromatic N) is 3. The molecule has 3 atom stereocenters. The SMILES string of the molecule is C#CCON=C(C(=O)NC1C(=O)N2CC(CCl)(C(=O)O)CS[C@H]12)c1csc(NC=O)n1. The summed E-state index contributed by atoms with van der Waals surface area (Å²) in [5.41, 5.74) is -1.33. The maximum absolute atomic E-state index is 12.8. The van der Waals surface area contributed by atoms with Gasteiger partial charge in [0, 0.05) is 23.6 Å². The molecule has 11 nitrogen and oxygen atoms in total. The third-order valence-corrected chi connectivity index (χ3v) is 7.46. The minimum atomic E-state index is -1.23. The predicted octanol–water partition coefficient (Wildman–Crippen LogP) is -0.225. The van der Waals surface area contributed by atoms with Gasteiger partial charge in [-0.25, -0.2) is 4.98 Å². The number of terminal acetylenes is 1. The first-order valence-electron chi connectivity index (χ1n) is 8.68. The number of fused-ring (bicyclic) bond motifs is 1. The number of thioether (sulfide) groups is 1. The summed E-state index contributed by atoms with van der Waals surface area (Å²) in [7, 11) is 0. The molecule has 3 amide bonds. The van der Waals surface area contributed by atoms with Gasteiger partial charge in [0.25, 0.3) is 5.91 Å². The van der Waals surface area contributed by atoms with Crippen molar-refractivity contribution in [3.05, 3.63) is 11.1 Å². The molecule has 0 bridgehead atoms. The Bertz CT molecular complexity index is 978. The van der Waals surface area contributed by atoms with Crippen molar-refractivity contribution in [1.29, 1.82) is 0 Å². The maximum atomic E-state index is 12.8. The number of anilines is 1. The molecule has 2 unspecified atom stereocenters. The number of hydrogen-bond donors (Lipinski definition) is 3. The van der Waals surface area contributed by atoms with Crippen LogP contribution in [-0.4, -0.2) is 81.1 Å². The molecule has 3 heterocycles. The molecule has 2 fully saturated rings. The number of β-lactam (4-membered cyclic amide) rings is 1. The number of aromatic nitrogens is 1. The summed E-state index contributed by atoms with van der Waals surface area (Å²) in [6.07, 6.45) is 5.56. The van der Waals surface area contributed by atoms with Crippen molar-refractivity contribution in [1.82, 2.24) is 15.2 Å². The fraction of sp³-hybridized carbons (Fsp3) is 0.412. The number of carboxylic acid groups (broad SMARTS) is 1. The molecular formula is C17H16ClN5O6S2. The van der Waals surface area contributed by atoms with Crippen LogP contribution in [0, 0.1) is 17.8 Å². The Balaban J connectivity index is 1.73. The van der Waals surface area contributed by atoms with Gasteiger partial charge in [-0.05, 0) is 0 Å². The molecule has 2 aliphatic rings. The number of rotatable bonds is 9. The van der Waals surface area contributed by atoms with Gasteiger partial charge in [0.15, 0.2) is 17.5 Å². The van der Waals surface area contributed by atoms with E-state index in [0.717, 1.165) is 11.3 Å². The molecule has 14 heteroatoms. The summed E-state index contributed by atoms with van der Waals surface area (Å²) in [5, 5.41) is 19.4. The number of thiazole rings is 1. The van der Waals surface area contributed by atoms with Crippen molar-refractivity contribution in [3.8, 4) is 12.3 Å². The molecule has 2 aliphatic heterocycles. The molecule has 1 aromatic rings. The fourth-order valence-electron chi connectivity index (χ4n) is 2.94. The van der Waals surface area contributed by atoms with E-state index in [4.69, 9.17) is 22.9 Å². The molecule has 0 aliphatic carbocycles. The Hall–Kier alpha value is -2.82. The molecule has 0 radical (unpaired) electrons. The average molecular weight is 486 g/mol. The number of halogens is 1. The van der Waals surface area contributed by atoms with Crippen LogP contribution in [0.1, 0.15) is 5.69 Å². The summed E-state index contributed by atoms with van der Waals surface area (Å²) < 4.78 is 0. The highest BCUT2D eigenvalue weighted by atomic mass is 35.5. The lowest BCUT2D eigenvalue weighted by atomic mass is 9.89. The standard InChI is InChI=1S/C17H16ClN5O6S2/c1-2-3-29-22-10(9-4-30-16(20-9)19-8-24)12(25)21-11-13(26)23-6-17(5-18,15(27)28)7-31-14(11)23/h1,4,8,11,14H,3,5-7H2,(H,21,25)(H,27,28)(H,19,20,24)/t11?,14-,17?/m1/s1. The lowest BCUT2D eigenvalue weighted by molar-refractivity contribution is -0.157. The van der Waals surface area contributed by atoms with Crippen LogP contribution >= 0.6 is 34.7 Å². The van der Waals surface area contributed by atoms with Crippen molar-refractivity contribution in [2.24, 2.45) is 10.6 Å². The van der Waals surface area contributed by atoms with Crippen LogP contribution in [0.15, 0.2) is 10.5 Å². The topological polar surface area (TPSA) is 150 Å². The minimum Gasteiger partial charge on any atom is -0.481 e. The van der Waals surface area contributed by atoms with Crippen molar-refractivity contribution < 1.29 is 29.1 Å². The van der Waals surface area contributed by atoms with Gasteiger partial charge in [0.2, 0.25) is 12.3 Å². The number of oxime groups is 1. The number of nitrogens with one attached hydrogen (secondary N) is 2. The number of alkyl halides is 1. The first-order valence-corrected chi connectivity index (χ1v) is 11.1. The van der Waals surface area contributed by atoms with E-state index in [0.29, 0.717) is 6.41 Å². The van der Waals surface area contributed by atoms with Crippen LogP contribution in [0.5, 0.6) is 0 Å². The summed E-state index contributed by atoms with van der Waals surface area (Å²) in [6.45, 7) is -0.224. The smallest absolute Gasteiger partial charge is 0.313 e. The lowest BCUT2D eigenvalue weighted by Crippen LogP contribution is -2.74. The average Bonchev–Trinajstić information content (AvgIpc) is 3.22. The van der Waals surface area contributed by atoms with Gasteiger partial charge in [0.05, 0.1) is 0 Å². The Kier molecular flexibility index (Phi) is 7.04. The summed E-state index contributed by atoms with van der Waals surface area (Å²) in [4.78, 5) is 57.9. The highest BCUT2D eigenvalue weighted by Crippen LogP contribution is 2.42. The van der Waals surface area contributed by atoms with E-state index >= 15 is 0 Å². The van der Waals surface area contributed by atoms with E-state index in [9.17, 15) is 24.3 Å². The summed E-state index contributed by atoms with van der Waals surface area (Å²) in [6, 6.07) is -0.872. The lowest BCUT2D eigenvalue weighted by Gasteiger charge is -2.53. The zero-order valence-electron chi connectivity index (χ0n) is 15.7. The van der Waals surface area contributed by atoms with Crippen LogP contribution in [-0.2, 0) is 24.0 Å². The Morgan fingerprint density at radius 2 is 2.35 bits per heavy atom. The van der Waals surface area contributed by atoms with E-state index < -0.39 is 34.6 Å². The van der Waals surface area contributed by atoms with Crippen LogP contribution in [0.25, 0.3) is 0 Å². The number of carbonyl (C=O) groups is 4. The Morgan fingerprint density at radius 3 is 3.00 bits per heavy atom. The quantitative estimate of drug-likeness (QED) is 0.0825. The molecule has 0 saturated carbocycles. The summed E-state index contributed by atoms with van der Waals surface area (Å²) >= 11 is 8.15. The van der Waals surface area contributed by atoms with Crippen molar-refractivity contribution in [2.75, 3.05) is 30.1 Å². The van der Waals surface area contributed by atoms with Gasteiger partial charge in [-0.3, -0.25) is 19.2 Å². The summed E-state index contributed by atoms with van der Waals surface area (Å²) in [5.74, 6) is 0.0496. The predicted molar refractivity (Wildman–Crippen MR) is 114 cm³/mol. The third-order valence-electron chi connectivity index (χ3n) is 4.59. The number of hydrogen-bond acceptors (Lipinski definition) is 9. The Morgan fingerprint density at radius 1 is 1.58 bits per heavy atom. The zero-order chi connectivity index (χ0) is 22.6. The van der Waals surface area contributed by atoms with Crippen LogP contribution in [0.4, 0.5) is 5.13 Å². The molecule has 2 saturated heterocycles. The third kappa shape index (κ3) is 4.46. The van der Waals surface area contributed by atoms with Gasteiger partial charge in [-0.15, -0.1) is 41.1 Å². The molecule has 3 rings (SSSR count). The Labute approximate surface area is 189 Å². The van der Waals surface area contributed by atoms with E-state index in [1.54, 1.807) is 0 Å². The largest absolute Gasteiger partial charge is 0.481 e. The first kappa shape index (κ1) is 22.9. The van der Waals surface area contributed by atoms with E-state index in [-0.39, 0.29) is 41.3 Å². The van der Waals surface area contributed by atoms with Crippen molar-refractivity contribution in [2.45, 2.75) is 11.4 Å². The molecule has 3 N–H and O–H groups in total. The minimum absolute atomic E-state index is 0.0340. The molecule has 164 valence electrons. The van der Waals surface area contributed by atoms with Crippen molar-refractivity contribution >= 4 is 69.7 Å². The van der Waals surface area contributed by atoms with Gasteiger partial charge in [-0.1, -0.05) is 11.1 Å².